The molecule has 0 heterocycles. The van der Waals surface area contributed by atoms with E-state index in [0.717, 1.165) is 35.0 Å². The Balaban J connectivity index is 2.22. The van der Waals surface area contributed by atoms with E-state index in [4.69, 9.17) is 4.74 Å². The molecule has 0 radical (unpaired) electrons. The second kappa shape index (κ2) is 8.25. The summed E-state index contributed by atoms with van der Waals surface area (Å²) in [6.45, 7) is 7.20. The second-order valence-corrected chi connectivity index (χ2v) is 6.73. The van der Waals surface area contributed by atoms with Crippen LogP contribution in [0.25, 0.3) is 11.1 Å². The minimum atomic E-state index is 0.0717. The SMILES string of the molecule is CCSCCOc1cc(C)c(-c2cccc(CO)c2)c(C)c1. The minimum Gasteiger partial charge on any atom is -0.493 e. The Kier molecular flexibility index (Phi) is 6.34. The molecule has 22 heavy (non-hydrogen) atoms. The summed E-state index contributed by atoms with van der Waals surface area (Å²) in [5.41, 5.74) is 5.72. The number of hydrogen-bond acceptors (Lipinski definition) is 3. The highest BCUT2D eigenvalue weighted by atomic mass is 32.2. The molecule has 0 saturated carbocycles. The van der Waals surface area contributed by atoms with Crippen LogP contribution in [0, 0.1) is 13.8 Å². The zero-order chi connectivity index (χ0) is 15.9. The quantitative estimate of drug-likeness (QED) is 0.757. The number of benzene rings is 2. The van der Waals surface area contributed by atoms with Crippen LogP contribution in [0.1, 0.15) is 23.6 Å². The maximum absolute atomic E-state index is 9.31. The fraction of sp³-hybridized carbons (Fsp3) is 0.368. The van der Waals surface area contributed by atoms with Crippen molar-refractivity contribution >= 4 is 11.8 Å². The van der Waals surface area contributed by atoms with Crippen LogP contribution in [0.5, 0.6) is 5.75 Å². The molecule has 0 aliphatic heterocycles. The van der Waals surface area contributed by atoms with Crippen LogP contribution in [-0.2, 0) is 6.61 Å². The zero-order valence-electron chi connectivity index (χ0n) is 13.6. The van der Waals surface area contributed by atoms with Crippen molar-refractivity contribution in [2.45, 2.75) is 27.4 Å². The molecule has 1 N–H and O–H groups in total. The number of ether oxygens (including phenoxy) is 1. The van der Waals surface area contributed by atoms with Crippen LogP contribution in [0.15, 0.2) is 36.4 Å². The third kappa shape index (κ3) is 4.28. The summed E-state index contributed by atoms with van der Waals surface area (Å²) >= 11 is 1.89. The van der Waals surface area contributed by atoms with Gasteiger partial charge in [-0.15, -0.1) is 0 Å². The number of rotatable bonds is 7. The highest BCUT2D eigenvalue weighted by molar-refractivity contribution is 7.99. The summed E-state index contributed by atoms with van der Waals surface area (Å²) in [5.74, 6) is 3.09. The molecule has 2 nitrogen and oxygen atoms in total. The third-order valence-corrected chi connectivity index (χ3v) is 4.47. The first kappa shape index (κ1) is 16.9. The Morgan fingerprint density at radius 2 is 1.82 bits per heavy atom. The minimum absolute atomic E-state index is 0.0717. The summed E-state index contributed by atoms with van der Waals surface area (Å²) in [4.78, 5) is 0. The smallest absolute Gasteiger partial charge is 0.119 e. The standard InChI is InChI=1S/C19H24O2S/c1-4-22-9-8-21-18-10-14(2)19(15(3)11-18)17-7-5-6-16(12-17)13-20/h5-7,10-12,20H,4,8-9,13H2,1-3H3. The van der Waals surface area contributed by atoms with Crippen LogP contribution in [0.3, 0.4) is 0 Å². The lowest BCUT2D eigenvalue weighted by molar-refractivity contribution is 0.282. The van der Waals surface area contributed by atoms with Gasteiger partial charge in [0.25, 0.3) is 0 Å². The van der Waals surface area contributed by atoms with E-state index in [9.17, 15) is 5.11 Å². The number of thioether (sulfide) groups is 1. The fourth-order valence-electron chi connectivity index (χ4n) is 2.65. The lowest BCUT2D eigenvalue weighted by Crippen LogP contribution is -2.01. The van der Waals surface area contributed by atoms with Gasteiger partial charge in [0.1, 0.15) is 5.75 Å². The molecule has 0 aliphatic carbocycles. The van der Waals surface area contributed by atoms with Gasteiger partial charge >= 0.3 is 0 Å². The van der Waals surface area contributed by atoms with E-state index in [1.807, 2.05) is 30.0 Å². The van der Waals surface area contributed by atoms with Gasteiger partial charge in [0, 0.05) is 5.75 Å². The summed E-state index contributed by atoms with van der Waals surface area (Å²) < 4.78 is 5.84. The van der Waals surface area contributed by atoms with Crippen LogP contribution in [-0.4, -0.2) is 23.2 Å². The summed E-state index contributed by atoms with van der Waals surface area (Å²) in [5, 5.41) is 9.31. The monoisotopic (exact) mass is 316 g/mol. The molecule has 2 aromatic rings. The molecule has 0 aliphatic rings. The molecule has 0 amide bonds. The number of aliphatic hydroxyl groups excluding tert-OH is 1. The third-order valence-electron chi connectivity index (χ3n) is 3.60. The topological polar surface area (TPSA) is 29.5 Å². The van der Waals surface area contributed by atoms with Crippen LogP contribution in [0.4, 0.5) is 0 Å². The Morgan fingerprint density at radius 1 is 1.09 bits per heavy atom. The first-order valence-corrected chi connectivity index (χ1v) is 8.83. The molecule has 118 valence electrons. The van der Waals surface area contributed by atoms with Crippen molar-refractivity contribution < 1.29 is 9.84 Å². The van der Waals surface area contributed by atoms with Crippen LogP contribution < -0.4 is 4.74 Å². The normalized spacial score (nSPS) is 10.7. The Labute approximate surface area is 137 Å². The fourth-order valence-corrected chi connectivity index (χ4v) is 3.14. The maximum atomic E-state index is 9.31. The molecule has 0 fully saturated rings. The van der Waals surface area contributed by atoms with Gasteiger partial charge in [0.2, 0.25) is 0 Å². The molecule has 0 atom stereocenters. The molecule has 0 saturated heterocycles. The van der Waals surface area contributed by atoms with Gasteiger partial charge in [-0.05, 0) is 65.6 Å². The van der Waals surface area contributed by atoms with Crippen molar-refractivity contribution in [2.24, 2.45) is 0 Å². The van der Waals surface area contributed by atoms with Crippen LogP contribution >= 0.6 is 11.8 Å². The Hall–Kier alpha value is -1.45. The van der Waals surface area contributed by atoms with Gasteiger partial charge in [-0.3, -0.25) is 0 Å². The number of aliphatic hydroxyl groups is 1. The zero-order valence-corrected chi connectivity index (χ0v) is 14.4. The number of hydrogen-bond donors (Lipinski definition) is 1. The summed E-state index contributed by atoms with van der Waals surface area (Å²) in [6.07, 6.45) is 0. The van der Waals surface area contributed by atoms with Gasteiger partial charge in [-0.2, -0.15) is 11.8 Å². The predicted octanol–water partition coefficient (Wildman–Crippen LogP) is 4.59. The molecule has 0 unspecified atom stereocenters. The van der Waals surface area contributed by atoms with Crippen molar-refractivity contribution in [2.75, 3.05) is 18.1 Å². The van der Waals surface area contributed by atoms with E-state index in [1.165, 1.54) is 16.7 Å². The maximum Gasteiger partial charge on any atom is 0.119 e. The van der Waals surface area contributed by atoms with Gasteiger partial charge < -0.3 is 9.84 Å². The highest BCUT2D eigenvalue weighted by Crippen LogP contribution is 2.31. The van der Waals surface area contributed by atoms with Crippen molar-refractivity contribution in [3.63, 3.8) is 0 Å². The van der Waals surface area contributed by atoms with Gasteiger partial charge in [-0.1, -0.05) is 25.1 Å². The van der Waals surface area contributed by atoms with Crippen molar-refractivity contribution in [1.82, 2.24) is 0 Å². The summed E-state index contributed by atoms with van der Waals surface area (Å²) in [6, 6.07) is 12.3. The molecule has 0 aromatic heterocycles. The van der Waals surface area contributed by atoms with Gasteiger partial charge in [-0.25, -0.2) is 0 Å². The molecule has 0 spiro atoms. The summed E-state index contributed by atoms with van der Waals surface area (Å²) in [7, 11) is 0. The lowest BCUT2D eigenvalue weighted by Gasteiger charge is -2.14. The van der Waals surface area contributed by atoms with E-state index < -0.39 is 0 Å². The van der Waals surface area contributed by atoms with Crippen molar-refractivity contribution in [1.29, 1.82) is 0 Å². The highest BCUT2D eigenvalue weighted by Gasteiger charge is 2.09. The molecular weight excluding hydrogens is 292 g/mol. The molecule has 2 rings (SSSR count). The van der Waals surface area contributed by atoms with E-state index >= 15 is 0 Å². The average molecular weight is 316 g/mol. The Morgan fingerprint density at radius 3 is 2.45 bits per heavy atom. The van der Waals surface area contributed by atoms with Crippen molar-refractivity contribution in [3.8, 4) is 16.9 Å². The van der Waals surface area contributed by atoms with E-state index in [2.05, 4.69) is 39.0 Å². The van der Waals surface area contributed by atoms with Crippen molar-refractivity contribution in [3.05, 3.63) is 53.1 Å². The Bertz CT molecular complexity index is 600. The predicted molar refractivity (Wildman–Crippen MR) is 95.8 cm³/mol. The molecule has 2 aromatic carbocycles. The molecule has 0 bridgehead atoms. The van der Waals surface area contributed by atoms with Gasteiger partial charge in [0.15, 0.2) is 0 Å². The second-order valence-electron chi connectivity index (χ2n) is 5.34. The average Bonchev–Trinajstić information content (AvgIpc) is 2.51. The lowest BCUT2D eigenvalue weighted by atomic mass is 9.94. The van der Waals surface area contributed by atoms with Gasteiger partial charge in [0.05, 0.1) is 13.2 Å². The first-order chi connectivity index (χ1) is 10.7. The van der Waals surface area contributed by atoms with E-state index in [0.29, 0.717) is 0 Å². The molecule has 3 heteroatoms. The number of aryl methyl sites for hydroxylation is 2. The molecular formula is C19H24O2S. The van der Waals surface area contributed by atoms with Crippen LogP contribution in [0.2, 0.25) is 0 Å². The van der Waals surface area contributed by atoms with E-state index in [1.54, 1.807) is 0 Å². The largest absolute Gasteiger partial charge is 0.493 e. The first-order valence-electron chi connectivity index (χ1n) is 7.67. The van der Waals surface area contributed by atoms with E-state index in [-0.39, 0.29) is 6.61 Å².